The fourth-order valence-corrected chi connectivity index (χ4v) is 3.62. The van der Waals surface area contributed by atoms with Crippen molar-refractivity contribution in [2.75, 3.05) is 24.6 Å². The number of carbonyl (C=O) groups is 2. The maximum absolute atomic E-state index is 13.4. The number of aliphatic hydroxyl groups is 1. The van der Waals surface area contributed by atoms with E-state index in [1.807, 2.05) is 0 Å². The second-order valence-corrected chi connectivity index (χ2v) is 9.00. The Hall–Kier alpha value is -2.62. The van der Waals surface area contributed by atoms with Crippen molar-refractivity contribution in [2.45, 2.75) is 45.9 Å². The first kappa shape index (κ1) is 23.1. The van der Waals surface area contributed by atoms with Crippen LogP contribution in [0.15, 0.2) is 24.5 Å². The van der Waals surface area contributed by atoms with Crippen molar-refractivity contribution in [1.82, 2.24) is 14.5 Å². The van der Waals surface area contributed by atoms with Crippen LogP contribution >= 0.6 is 11.6 Å². The lowest BCUT2D eigenvalue weighted by molar-refractivity contribution is 0.00619. The number of carbonyl (C=O) groups excluding carboxylic acids is 2. The molecular weight excluding hydrogens is 422 g/mol. The zero-order chi connectivity index (χ0) is 22.9. The van der Waals surface area contributed by atoms with Crippen LogP contribution in [0.4, 0.5) is 10.5 Å². The Balaban J connectivity index is 2.05. The summed E-state index contributed by atoms with van der Waals surface area (Å²) < 4.78 is 7.25. The number of esters is 1. The van der Waals surface area contributed by atoms with Crippen LogP contribution in [-0.4, -0.2) is 62.9 Å². The number of hydrogen-bond donors (Lipinski definition) is 2. The number of hydrogen-bond acceptors (Lipinski definition) is 6. The van der Waals surface area contributed by atoms with Gasteiger partial charge in [-0.15, -0.1) is 0 Å². The third-order valence-corrected chi connectivity index (χ3v) is 4.87. The summed E-state index contributed by atoms with van der Waals surface area (Å²) in [6.45, 7) is 7.41. The molecule has 1 atom stereocenters. The van der Waals surface area contributed by atoms with Crippen molar-refractivity contribution in [1.29, 1.82) is 0 Å². The minimum atomic E-state index is -0.682. The summed E-state index contributed by atoms with van der Waals surface area (Å²) in [4.78, 5) is 33.4. The molecule has 1 aliphatic heterocycles. The molecule has 1 aromatic carbocycles. The largest absolute Gasteiger partial charge is 0.455 e. The van der Waals surface area contributed by atoms with Gasteiger partial charge in [0.25, 0.3) is 0 Å². The van der Waals surface area contributed by atoms with Crippen LogP contribution in [0.3, 0.4) is 0 Å². The zero-order valence-corrected chi connectivity index (χ0v) is 18.9. The Bertz CT molecular complexity index is 983. The summed E-state index contributed by atoms with van der Waals surface area (Å²) in [5.41, 5.74) is 7.13. The molecule has 0 radical (unpaired) electrons. The molecule has 0 unspecified atom stereocenters. The summed E-state index contributed by atoms with van der Waals surface area (Å²) >= 11 is 6.22. The lowest BCUT2D eigenvalue weighted by atomic mass is 10.1. The lowest BCUT2D eigenvalue weighted by Gasteiger charge is -2.35. The summed E-state index contributed by atoms with van der Waals surface area (Å²) in [7, 11) is 0. The number of nitrogens with zero attached hydrogens (tertiary/aromatic N) is 4. The van der Waals surface area contributed by atoms with Gasteiger partial charge in [-0.25, -0.2) is 14.6 Å². The predicted octanol–water partition coefficient (Wildman–Crippen LogP) is 2.56. The molecule has 2 amide bonds. The fraction of sp³-hybridized carbons (Fsp3) is 0.476. The van der Waals surface area contributed by atoms with E-state index in [4.69, 9.17) is 22.1 Å². The summed E-state index contributed by atoms with van der Waals surface area (Å²) in [6, 6.07) is 4.54. The van der Waals surface area contributed by atoms with E-state index in [0.717, 1.165) is 0 Å². The van der Waals surface area contributed by atoms with E-state index in [-0.39, 0.29) is 44.0 Å². The number of benzene rings is 1. The second-order valence-electron chi connectivity index (χ2n) is 8.56. The van der Waals surface area contributed by atoms with E-state index in [0.29, 0.717) is 22.1 Å². The smallest absolute Gasteiger partial charge is 0.359 e. The van der Waals surface area contributed by atoms with Gasteiger partial charge in [-0.05, 0) is 45.9 Å². The Morgan fingerprint density at radius 3 is 2.68 bits per heavy atom. The quantitative estimate of drug-likeness (QED) is 0.678. The van der Waals surface area contributed by atoms with Crippen molar-refractivity contribution < 1.29 is 19.4 Å². The third kappa shape index (κ3) is 5.00. The number of imidazole rings is 1. The molecule has 9 nitrogen and oxygen atoms in total. The Morgan fingerprint density at radius 1 is 1.35 bits per heavy atom. The van der Waals surface area contributed by atoms with E-state index < -0.39 is 11.6 Å². The SMILES string of the molecule is C[C@H](N)CN(CCO)C(=O)N1Cc2c(C(=O)OC(C)(C)C)ncn2-c2ccc(Cl)cc21. The number of nitrogens with two attached hydrogens (primary N) is 1. The van der Waals surface area contributed by atoms with Crippen molar-refractivity contribution in [3.63, 3.8) is 0 Å². The second kappa shape index (κ2) is 8.86. The van der Waals surface area contributed by atoms with Crippen LogP contribution in [0.1, 0.15) is 43.9 Å². The molecule has 10 heteroatoms. The van der Waals surface area contributed by atoms with E-state index in [1.165, 1.54) is 16.1 Å². The highest BCUT2D eigenvalue weighted by Crippen LogP contribution is 2.36. The van der Waals surface area contributed by atoms with Gasteiger partial charge in [-0.1, -0.05) is 11.6 Å². The molecule has 0 saturated heterocycles. The monoisotopic (exact) mass is 449 g/mol. The van der Waals surface area contributed by atoms with Crippen molar-refractivity contribution in [2.24, 2.45) is 5.73 Å². The number of aromatic nitrogens is 2. The number of amides is 2. The molecular formula is C21H28ClN5O4. The third-order valence-electron chi connectivity index (χ3n) is 4.63. The normalized spacial score (nSPS) is 14.0. The molecule has 168 valence electrons. The molecule has 1 aromatic heterocycles. The van der Waals surface area contributed by atoms with E-state index in [1.54, 1.807) is 50.5 Å². The van der Waals surface area contributed by atoms with Crippen LogP contribution < -0.4 is 10.6 Å². The van der Waals surface area contributed by atoms with Gasteiger partial charge in [0.05, 0.1) is 30.2 Å². The first-order chi connectivity index (χ1) is 14.5. The van der Waals surface area contributed by atoms with Crippen molar-refractivity contribution >= 4 is 29.3 Å². The Kier molecular flexibility index (Phi) is 6.59. The standard InChI is InChI=1S/C21H28ClN5O4/c1-13(23)10-25(7-8-28)20(30)26-11-17-18(19(29)31-21(2,3)4)24-12-27(17)15-6-5-14(22)9-16(15)26/h5-6,9,12-13,28H,7-8,10-11,23H2,1-4H3/t13-/m0/s1. The number of aliphatic hydroxyl groups excluding tert-OH is 1. The number of anilines is 1. The summed E-state index contributed by atoms with van der Waals surface area (Å²) in [5.74, 6) is -0.561. The van der Waals surface area contributed by atoms with Gasteiger partial charge >= 0.3 is 12.0 Å². The minimum Gasteiger partial charge on any atom is -0.455 e. The average molecular weight is 450 g/mol. The van der Waals surface area contributed by atoms with E-state index in [2.05, 4.69) is 4.98 Å². The number of rotatable bonds is 5. The highest BCUT2D eigenvalue weighted by Gasteiger charge is 2.34. The maximum Gasteiger partial charge on any atom is 0.359 e. The molecule has 3 rings (SSSR count). The van der Waals surface area contributed by atoms with Gasteiger partial charge in [0.15, 0.2) is 5.69 Å². The lowest BCUT2D eigenvalue weighted by Crippen LogP contribution is -2.49. The molecule has 31 heavy (non-hydrogen) atoms. The van der Waals surface area contributed by atoms with Gasteiger partial charge in [0.2, 0.25) is 0 Å². The van der Waals surface area contributed by atoms with Gasteiger partial charge in [-0.3, -0.25) is 9.47 Å². The minimum absolute atomic E-state index is 0.0850. The van der Waals surface area contributed by atoms with Gasteiger partial charge in [0, 0.05) is 24.2 Å². The van der Waals surface area contributed by atoms with Crippen LogP contribution in [0.25, 0.3) is 5.69 Å². The molecule has 0 aliphatic carbocycles. The van der Waals surface area contributed by atoms with E-state index >= 15 is 0 Å². The first-order valence-electron chi connectivity index (χ1n) is 10.0. The first-order valence-corrected chi connectivity index (χ1v) is 10.4. The molecule has 0 spiro atoms. The molecule has 0 fully saturated rings. The molecule has 2 aromatic rings. The van der Waals surface area contributed by atoms with Crippen LogP contribution in [0, 0.1) is 0 Å². The molecule has 1 aliphatic rings. The topological polar surface area (TPSA) is 114 Å². The zero-order valence-electron chi connectivity index (χ0n) is 18.1. The van der Waals surface area contributed by atoms with Gasteiger partial charge in [-0.2, -0.15) is 0 Å². The number of fused-ring (bicyclic) bond motifs is 3. The molecule has 2 heterocycles. The fourth-order valence-electron chi connectivity index (χ4n) is 3.46. The van der Waals surface area contributed by atoms with Crippen LogP contribution in [0.2, 0.25) is 5.02 Å². The highest BCUT2D eigenvalue weighted by atomic mass is 35.5. The Morgan fingerprint density at radius 2 is 2.06 bits per heavy atom. The summed E-state index contributed by atoms with van der Waals surface area (Å²) in [6.07, 6.45) is 1.54. The van der Waals surface area contributed by atoms with Crippen LogP contribution in [0.5, 0.6) is 0 Å². The van der Waals surface area contributed by atoms with E-state index in [9.17, 15) is 14.7 Å². The summed E-state index contributed by atoms with van der Waals surface area (Å²) in [5, 5.41) is 9.90. The van der Waals surface area contributed by atoms with Crippen LogP contribution in [-0.2, 0) is 11.3 Å². The van der Waals surface area contributed by atoms with Crippen molar-refractivity contribution in [3.8, 4) is 5.69 Å². The molecule has 3 N–H and O–H groups in total. The molecule has 0 saturated carbocycles. The Labute approximate surface area is 186 Å². The van der Waals surface area contributed by atoms with Gasteiger partial charge < -0.3 is 20.5 Å². The van der Waals surface area contributed by atoms with Gasteiger partial charge in [0.1, 0.15) is 11.9 Å². The average Bonchev–Trinajstić information content (AvgIpc) is 3.08. The number of ether oxygens (including phenoxy) is 1. The number of urea groups is 1. The predicted molar refractivity (Wildman–Crippen MR) is 118 cm³/mol. The molecule has 0 bridgehead atoms. The van der Waals surface area contributed by atoms with Crippen molar-refractivity contribution in [3.05, 3.63) is 40.9 Å². The number of halogens is 1. The highest BCUT2D eigenvalue weighted by molar-refractivity contribution is 6.31. The maximum atomic E-state index is 13.4.